The van der Waals surface area contributed by atoms with Crippen LogP contribution in [0, 0.1) is 5.92 Å². The molecule has 1 aliphatic heterocycles. The molecule has 0 radical (unpaired) electrons. The Morgan fingerprint density at radius 3 is 2.56 bits per heavy atom. The number of nitrogens with zero attached hydrogens (tertiary/aromatic N) is 3. The Kier molecular flexibility index (Phi) is 10.6. The van der Waals surface area contributed by atoms with Gasteiger partial charge in [0.1, 0.15) is 18.1 Å². The number of aromatic amines is 1. The van der Waals surface area contributed by atoms with Crippen molar-refractivity contribution < 1.29 is 24.3 Å². The first-order chi connectivity index (χ1) is 17.0. The lowest BCUT2D eigenvalue weighted by atomic mass is 10.0. The van der Waals surface area contributed by atoms with E-state index in [-0.39, 0.29) is 24.8 Å². The van der Waals surface area contributed by atoms with Gasteiger partial charge in [-0.15, -0.1) is 0 Å². The highest BCUT2D eigenvalue weighted by Crippen LogP contribution is 2.19. The van der Waals surface area contributed by atoms with Gasteiger partial charge >= 0.3 is 5.97 Å². The highest BCUT2D eigenvalue weighted by Gasteiger charge is 2.39. The van der Waals surface area contributed by atoms with Crippen LogP contribution in [0.5, 0.6) is 0 Å². The molecule has 1 aromatic rings. The Hall–Kier alpha value is -3.68. The van der Waals surface area contributed by atoms with Gasteiger partial charge in [-0.2, -0.15) is 0 Å². The second-order valence-electron chi connectivity index (χ2n) is 9.16. The molecular weight excluding hydrogens is 470 g/mol. The number of aromatic nitrogens is 2. The minimum Gasteiger partial charge on any atom is -0.480 e. The number of nitrogens with one attached hydrogen (secondary N) is 3. The largest absolute Gasteiger partial charge is 0.480 e. The van der Waals surface area contributed by atoms with E-state index in [1.165, 1.54) is 17.4 Å². The highest BCUT2D eigenvalue weighted by atomic mass is 16.4. The molecular formula is C22H37N9O5. The van der Waals surface area contributed by atoms with E-state index in [1.54, 1.807) is 13.8 Å². The average Bonchev–Trinajstić information content (AvgIpc) is 3.50. The molecule has 2 rings (SSSR count). The van der Waals surface area contributed by atoms with Gasteiger partial charge in [0.15, 0.2) is 5.96 Å². The number of H-pyrrole nitrogens is 1. The predicted molar refractivity (Wildman–Crippen MR) is 131 cm³/mol. The molecule has 0 aromatic carbocycles. The van der Waals surface area contributed by atoms with Gasteiger partial charge in [-0.25, -0.2) is 9.78 Å². The molecule has 1 saturated heterocycles. The van der Waals surface area contributed by atoms with Crippen LogP contribution in [-0.2, 0) is 25.6 Å². The zero-order valence-electron chi connectivity index (χ0n) is 20.6. The van der Waals surface area contributed by atoms with E-state index in [2.05, 4.69) is 25.6 Å². The van der Waals surface area contributed by atoms with Crippen LogP contribution in [0.2, 0.25) is 0 Å². The summed E-state index contributed by atoms with van der Waals surface area (Å²) in [6.45, 7) is 4.11. The van der Waals surface area contributed by atoms with Gasteiger partial charge in [0.05, 0.1) is 12.4 Å². The summed E-state index contributed by atoms with van der Waals surface area (Å²) in [5, 5.41) is 14.9. The Balaban J connectivity index is 2.10. The van der Waals surface area contributed by atoms with E-state index < -0.39 is 47.9 Å². The molecule has 0 bridgehead atoms. The van der Waals surface area contributed by atoms with Gasteiger partial charge in [-0.05, 0) is 31.6 Å². The molecule has 0 spiro atoms. The number of hydrogen-bond acceptors (Lipinski definition) is 7. The number of carboxylic acids is 1. The maximum absolute atomic E-state index is 13.3. The fraction of sp³-hybridized carbons (Fsp3) is 0.636. The Labute approximate surface area is 209 Å². The molecule has 3 amide bonds. The molecule has 4 unspecified atom stereocenters. The van der Waals surface area contributed by atoms with Gasteiger partial charge < -0.3 is 42.8 Å². The number of hydrogen-bond donors (Lipinski definition) is 7. The zero-order chi connectivity index (χ0) is 26.8. The summed E-state index contributed by atoms with van der Waals surface area (Å²) in [6.07, 6.45) is 4.73. The van der Waals surface area contributed by atoms with Gasteiger partial charge in [-0.1, -0.05) is 13.8 Å². The Bertz CT molecular complexity index is 930. The number of carbonyl (C=O) groups excluding carboxylic acids is 3. The van der Waals surface area contributed by atoms with E-state index in [0.29, 0.717) is 37.9 Å². The lowest BCUT2D eigenvalue weighted by Crippen LogP contribution is -2.59. The minimum atomic E-state index is -1.09. The first kappa shape index (κ1) is 28.6. The topological polar surface area (TPSA) is 235 Å². The molecule has 4 atom stereocenters. The van der Waals surface area contributed by atoms with Crippen molar-refractivity contribution in [1.29, 1.82) is 0 Å². The van der Waals surface area contributed by atoms with E-state index in [1.807, 2.05) is 0 Å². The molecule has 1 fully saturated rings. The third-order valence-electron chi connectivity index (χ3n) is 5.97. The zero-order valence-corrected chi connectivity index (χ0v) is 20.6. The molecule has 10 N–H and O–H groups in total. The van der Waals surface area contributed by atoms with Crippen molar-refractivity contribution in [2.45, 2.75) is 70.1 Å². The van der Waals surface area contributed by atoms with Crippen molar-refractivity contribution in [3.05, 3.63) is 18.2 Å². The SMILES string of the molecule is CC(C)C(NC(=O)C(N)CCCN=C(N)N)C(=O)NC(Cc1cnc[nH]1)C(=O)N1CCCC1C(=O)O. The molecule has 2 heterocycles. The monoisotopic (exact) mass is 507 g/mol. The summed E-state index contributed by atoms with van der Waals surface area (Å²) in [6, 6.07) is -3.84. The van der Waals surface area contributed by atoms with Gasteiger partial charge in [0, 0.05) is 31.4 Å². The number of carboxylic acid groups (broad SMARTS) is 1. The number of carbonyl (C=O) groups is 4. The number of aliphatic carboxylic acids is 1. The van der Waals surface area contributed by atoms with Crippen molar-refractivity contribution >= 4 is 29.7 Å². The van der Waals surface area contributed by atoms with Crippen LogP contribution in [0.3, 0.4) is 0 Å². The summed E-state index contributed by atoms with van der Waals surface area (Å²) in [4.78, 5) is 62.7. The fourth-order valence-electron chi connectivity index (χ4n) is 4.01. The molecule has 36 heavy (non-hydrogen) atoms. The quantitative estimate of drug-likeness (QED) is 0.0889. The summed E-state index contributed by atoms with van der Waals surface area (Å²) in [5.74, 6) is -3.05. The normalized spacial score (nSPS) is 17.8. The third-order valence-corrected chi connectivity index (χ3v) is 5.97. The van der Waals surface area contributed by atoms with Crippen molar-refractivity contribution in [1.82, 2.24) is 25.5 Å². The van der Waals surface area contributed by atoms with Crippen LogP contribution in [0.15, 0.2) is 17.5 Å². The van der Waals surface area contributed by atoms with Gasteiger partial charge in [0.2, 0.25) is 17.7 Å². The number of aliphatic imine (C=N–C) groups is 1. The van der Waals surface area contributed by atoms with Crippen LogP contribution in [-0.4, -0.2) is 86.9 Å². The number of amides is 3. The lowest BCUT2D eigenvalue weighted by Gasteiger charge is -2.29. The van der Waals surface area contributed by atoms with Crippen LogP contribution < -0.4 is 27.8 Å². The second kappa shape index (κ2) is 13.4. The number of guanidine groups is 1. The van der Waals surface area contributed by atoms with Crippen molar-refractivity contribution in [3.8, 4) is 0 Å². The maximum atomic E-state index is 13.3. The molecule has 0 aliphatic carbocycles. The number of nitrogens with two attached hydrogens (primary N) is 3. The minimum absolute atomic E-state index is 0.0487. The Morgan fingerprint density at radius 2 is 1.97 bits per heavy atom. The van der Waals surface area contributed by atoms with Crippen LogP contribution in [0.1, 0.15) is 45.2 Å². The van der Waals surface area contributed by atoms with Crippen LogP contribution >= 0.6 is 0 Å². The molecule has 1 aromatic heterocycles. The smallest absolute Gasteiger partial charge is 0.326 e. The number of imidazole rings is 1. The van der Waals surface area contributed by atoms with E-state index >= 15 is 0 Å². The number of likely N-dealkylation sites (tertiary alicyclic amines) is 1. The predicted octanol–water partition coefficient (Wildman–Crippen LogP) is -1.97. The molecule has 14 nitrogen and oxygen atoms in total. The highest BCUT2D eigenvalue weighted by molar-refractivity contribution is 5.94. The van der Waals surface area contributed by atoms with Crippen molar-refractivity contribution in [2.75, 3.05) is 13.1 Å². The van der Waals surface area contributed by atoms with Gasteiger partial charge in [-0.3, -0.25) is 19.4 Å². The van der Waals surface area contributed by atoms with Gasteiger partial charge in [0.25, 0.3) is 0 Å². The maximum Gasteiger partial charge on any atom is 0.326 e. The summed E-state index contributed by atoms with van der Waals surface area (Å²) >= 11 is 0. The fourth-order valence-corrected chi connectivity index (χ4v) is 4.01. The Morgan fingerprint density at radius 1 is 1.25 bits per heavy atom. The van der Waals surface area contributed by atoms with E-state index in [4.69, 9.17) is 17.2 Å². The third kappa shape index (κ3) is 8.22. The second-order valence-corrected chi connectivity index (χ2v) is 9.16. The number of rotatable bonds is 13. The lowest BCUT2D eigenvalue weighted by molar-refractivity contribution is -0.149. The van der Waals surface area contributed by atoms with Crippen molar-refractivity contribution in [2.24, 2.45) is 28.1 Å². The van der Waals surface area contributed by atoms with E-state index in [0.717, 1.165) is 0 Å². The summed E-state index contributed by atoms with van der Waals surface area (Å²) in [7, 11) is 0. The first-order valence-corrected chi connectivity index (χ1v) is 11.9. The molecule has 0 saturated carbocycles. The molecule has 14 heteroatoms. The van der Waals surface area contributed by atoms with Crippen LogP contribution in [0.4, 0.5) is 0 Å². The van der Waals surface area contributed by atoms with Crippen LogP contribution in [0.25, 0.3) is 0 Å². The first-order valence-electron chi connectivity index (χ1n) is 11.9. The average molecular weight is 508 g/mol. The summed E-state index contributed by atoms with van der Waals surface area (Å²) in [5.41, 5.74) is 17.1. The molecule has 200 valence electrons. The standard InChI is InChI=1S/C22H37N9O5/c1-12(2)17(30-18(32)14(23)5-3-7-27-22(24)25)19(33)29-15(9-13-10-26-11-28-13)20(34)31-8-4-6-16(31)21(35)36/h10-12,14-17H,3-9,23H2,1-2H3,(H,26,28)(H,29,33)(H,30,32)(H,35,36)(H4,24,25,27). The summed E-state index contributed by atoms with van der Waals surface area (Å²) < 4.78 is 0. The van der Waals surface area contributed by atoms with Crippen molar-refractivity contribution in [3.63, 3.8) is 0 Å². The van der Waals surface area contributed by atoms with E-state index in [9.17, 15) is 24.3 Å². The molecule has 1 aliphatic rings.